The third-order valence-electron chi connectivity index (χ3n) is 3.30. The lowest BCUT2D eigenvalue weighted by molar-refractivity contribution is -0.120. The van der Waals surface area contributed by atoms with Crippen LogP contribution in [0.5, 0.6) is 0 Å². The van der Waals surface area contributed by atoms with E-state index in [1.807, 2.05) is 7.05 Å². The molecule has 0 saturated heterocycles. The maximum atomic E-state index is 11.2. The lowest BCUT2D eigenvalue weighted by atomic mass is 10.1. The first kappa shape index (κ1) is 13.6. The molecule has 2 aromatic rings. The monoisotopic (exact) mass is 259 g/mol. The summed E-state index contributed by atoms with van der Waals surface area (Å²) in [5, 5.41) is 7.07. The normalized spacial score (nSPS) is 10.8. The van der Waals surface area contributed by atoms with E-state index in [-0.39, 0.29) is 5.91 Å². The average molecular weight is 259 g/mol. The number of fused-ring (bicyclic) bond motifs is 1. The van der Waals surface area contributed by atoms with E-state index < -0.39 is 0 Å². The van der Waals surface area contributed by atoms with E-state index >= 15 is 0 Å². The summed E-state index contributed by atoms with van der Waals surface area (Å²) in [7, 11) is 3.63. The van der Waals surface area contributed by atoms with Gasteiger partial charge in [0.1, 0.15) is 0 Å². The van der Waals surface area contributed by atoms with Crippen molar-refractivity contribution >= 4 is 16.8 Å². The van der Waals surface area contributed by atoms with Gasteiger partial charge in [0.05, 0.1) is 0 Å². The molecular formula is C15H21N3O. The van der Waals surface area contributed by atoms with Gasteiger partial charge in [0.25, 0.3) is 0 Å². The fraction of sp³-hybridized carbons (Fsp3) is 0.400. The number of hydrogen-bond acceptors (Lipinski definition) is 2. The van der Waals surface area contributed by atoms with Crippen molar-refractivity contribution in [2.24, 2.45) is 0 Å². The van der Waals surface area contributed by atoms with Gasteiger partial charge in [0.2, 0.25) is 5.91 Å². The third kappa shape index (κ3) is 3.35. The molecule has 2 N–H and O–H groups in total. The molecule has 0 bridgehead atoms. The summed E-state index contributed by atoms with van der Waals surface area (Å²) in [4.78, 5) is 11.2. The molecular weight excluding hydrogens is 238 g/mol. The minimum absolute atomic E-state index is 0.104. The van der Waals surface area contributed by atoms with E-state index in [2.05, 4.69) is 45.7 Å². The first-order valence-corrected chi connectivity index (χ1v) is 6.67. The second kappa shape index (κ2) is 6.38. The van der Waals surface area contributed by atoms with Crippen molar-refractivity contribution in [3.8, 4) is 0 Å². The molecule has 19 heavy (non-hydrogen) atoms. The molecule has 0 spiro atoms. The Morgan fingerprint density at radius 1 is 1.26 bits per heavy atom. The molecule has 2 rings (SSSR count). The lowest BCUT2D eigenvalue weighted by Crippen LogP contribution is -2.17. The van der Waals surface area contributed by atoms with Crippen molar-refractivity contribution < 1.29 is 4.79 Å². The van der Waals surface area contributed by atoms with E-state index in [1.165, 1.54) is 16.5 Å². The number of benzene rings is 1. The maximum absolute atomic E-state index is 11.2. The predicted molar refractivity (Wildman–Crippen MR) is 78.0 cm³/mol. The Hall–Kier alpha value is -1.81. The number of hydrogen-bond donors (Lipinski definition) is 2. The number of amides is 1. The van der Waals surface area contributed by atoms with E-state index in [0.29, 0.717) is 6.42 Å². The van der Waals surface area contributed by atoms with Gasteiger partial charge in [0, 0.05) is 38.3 Å². The van der Waals surface area contributed by atoms with Crippen LogP contribution in [0.2, 0.25) is 0 Å². The zero-order chi connectivity index (χ0) is 13.7. The molecule has 0 fully saturated rings. The highest BCUT2D eigenvalue weighted by Crippen LogP contribution is 2.18. The van der Waals surface area contributed by atoms with Crippen LogP contribution in [0.15, 0.2) is 30.5 Å². The van der Waals surface area contributed by atoms with Crippen molar-refractivity contribution in [2.75, 3.05) is 14.1 Å². The van der Waals surface area contributed by atoms with E-state index in [1.54, 1.807) is 7.05 Å². The zero-order valence-electron chi connectivity index (χ0n) is 11.6. The third-order valence-corrected chi connectivity index (χ3v) is 3.30. The highest BCUT2D eigenvalue weighted by atomic mass is 16.1. The van der Waals surface area contributed by atoms with Gasteiger partial charge in [-0.25, -0.2) is 0 Å². The molecule has 1 amide bonds. The van der Waals surface area contributed by atoms with Crippen molar-refractivity contribution in [3.05, 3.63) is 36.0 Å². The Balaban J connectivity index is 2.09. The highest BCUT2D eigenvalue weighted by molar-refractivity contribution is 5.81. The van der Waals surface area contributed by atoms with Crippen LogP contribution in [0.4, 0.5) is 0 Å². The zero-order valence-corrected chi connectivity index (χ0v) is 11.6. The molecule has 0 unspecified atom stereocenters. The van der Waals surface area contributed by atoms with Crippen molar-refractivity contribution in [3.63, 3.8) is 0 Å². The Morgan fingerprint density at radius 2 is 2.11 bits per heavy atom. The van der Waals surface area contributed by atoms with Crippen molar-refractivity contribution in [1.29, 1.82) is 0 Å². The average Bonchev–Trinajstić information content (AvgIpc) is 2.82. The van der Waals surface area contributed by atoms with Crippen LogP contribution in [-0.2, 0) is 17.9 Å². The van der Waals surface area contributed by atoms with Crippen LogP contribution in [0.3, 0.4) is 0 Å². The Morgan fingerprint density at radius 3 is 2.84 bits per heavy atom. The molecule has 0 aliphatic heterocycles. The Kier molecular flexibility index (Phi) is 4.58. The largest absolute Gasteiger partial charge is 0.359 e. The van der Waals surface area contributed by atoms with Gasteiger partial charge < -0.3 is 15.2 Å². The van der Waals surface area contributed by atoms with Crippen molar-refractivity contribution in [2.45, 2.75) is 25.9 Å². The molecule has 102 valence electrons. The summed E-state index contributed by atoms with van der Waals surface area (Å²) in [5.41, 5.74) is 2.52. The van der Waals surface area contributed by atoms with Crippen LogP contribution in [0, 0.1) is 0 Å². The van der Waals surface area contributed by atoms with Gasteiger partial charge in [-0.05, 0) is 36.6 Å². The summed E-state index contributed by atoms with van der Waals surface area (Å²) in [6.45, 7) is 1.75. The van der Waals surface area contributed by atoms with Gasteiger partial charge >= 0.3 is 0 Å². The van der Waals surface area contributed by atoms with Crippen LogP contribution < -0.4 is 10.6 Å². The lowest BCUT2D eigenvalue weighted by Gasteiger charge is -2.07. The standard InChI is InChI=1S/C15H21N3O/c1-16-11-12-5-6-13-7-9-18(14(13)10-12)8-3-4-15(19)17-2/h5-7,9-10,16H,3-4,8,11H2,1-2H3,(H,17,19). The Bertz CT molecular complexity index is 560. The molecule has 4 nitrogen and oxygen atoms in total. The van der Waals surface area contributed by atoms with Crippen molar-refractivity contribution in [1.82, 2.24) is 15.2 Å². The summed E-state index contributed by atoms with van der Waals surface area (Å²) in [6, 6.07) is 8.63. The number of nitrogens with one attached hydrogen (secondary N) is 2. The summed E-state index contributed by atoms with van der Waals surface area (Å²) in [5.74, 6) is 0.104. The quantitative estimate of drug-likeness (QED) is 0.832. The number of nitrogens with zero attached hydrogens (tertiary/aromatic N) is 1. The molecule has 1 aromatic heterocycles. The number of rotatable bonds is 6. The molecule has 0 radical (unpaired) electrons. The first-order chi connectivity index (χ1) is 9.24. The number of carbonyl (C=O) groups excluding carboxylic acids is 1. The van der Waals surface area contributed by atoms with Crippen LogP contribution >= 0.6 is 0 Å². The molecule has 0 aliphatic rings. The van der Waals surface area contributed by atoms with E-state index in [0.717, 1.165) is 19.5 Å². The SMILES string of the molecule is CNCc1ccc2ccn(CCCC(=O)NC)c2c1. The fourth-order valence-corrected chi connectivity index (χ4v) is 2.27. The summed E-state index contributed by atoms with van der Waals surface area (Å²) in [6.07, 6.45) is 3.53. The summed E-state index contributed by atoms with van der Waals surface area (Å²) < 4.78 is 2.22. The smallest absolute Gasteiger partial charge is 0.219 e. The van der Waals surface area contributed by atoms with Gasteiger partial charge in [0.15, 0.2) is 0 Å². The number of aromatic nitrogens is 1. The summed E-state index contributed by atoms with van der Waals surface area (Å²) >= 11 is 0. The molecule has 1 aromatic carbocycles. The topological polar surface area (TPSA) is 46.1 Å². The van der Waals surface area contributed by atoms with Gasteiger partial charge in [-0.2, -0.15) is 0 Å². The second-order valence-electron chi connectivity index (χ2n) is 4.71. The van der Waals surface area contributed by atoms with E-state index in [9.17, 15) is 4.79 Å². The van der Waals surface area contributed by atoms with Gasteiger partial charge in [-0.3, -0.25) is 4.79 Å². The maximum Gasteiger partial charge on any atom is 0.219 e. The number of aryl methyl sites for hydroxylation is 1. The first-order valence-electron chi connectivity index (χ1n) is 6.67. The Labute approximate surface area is 113 Å². The van der Waals surface area contributed by atoms with Crippen LogP contribution in [0.25, 0.3) is 10.9 Å². The molecule has 0 atom stereocenters. The predicted octanol–water partition coefficient (Wildman–Crippen LogP) is 1.89. The second-order valence-corrected chi connectivity index (χ2v) is 4.71. The highest BCUT2D eigenvalue weighted by Gasteiger charge is 2.03. The van der Waals surface area contributed by atoms with Crippen LogP contribution in [-0.4, -0.2) is 24.6 Å². The molecule has 0 aliphatic carbocycles. The molecule has 0 saturated carbocycles. The minimum atomic E-state index is 0.104. The molecule has 1 heterocycles. The van der Waals surface area contributed by atoms with Gasteiger partial charge in [-0.15, -0.1) is 0 Å². The van der Waals surface area contributed by atoms with Gasteiger partial charge in [-0.1, -0.05) is 12.1 Å². The van der Waals surface area contributed by atoms with E-state index in [4.69, 9.17) is 0 Å². The fourth-order valence-electron chi connectivity index (χ4n) is 2.27. The van der Waals surface area contributed by atoms with Crippen LogP contribution in [0.1, 0.15) is 18.4 Å². The number of carbonyl (C=O) groups is 1. The minimum Gasteiger partial charge on any atom is -0.359 e. The molecule has 4 heteroatoms.